The van der Waals surface area contributed by atoms with Gasteiger partial charge in [-0.3, -0.25) is 4.79 Å². The highest BCUT2D eigenvalue weighted by Gasteiger charge is 2.47. The van der Waals surface area contributed by atoms with E-state index in [0.29, 0.717) is 26.2 Å². The highest BCUT2D eigenvalue weighted by molar-refractivity contribution is 5.99. The minimum Gasteiger partial charge on any atom is -0.368 e. The molecule has 2 atom stereocenters. The van der Waals surface area contributed by atoms with Crippen LogP contribution in [0.25, 0.3) is 0 Å². The van der Waals surface area contributed by atoms with Crippen molar-refractivity contribution in [1.82, 2.24) is 14.7 Å². The number of alkyl halides is 3. The molecule has 0 aliphatic carbocycles. The van der Waals surface area contributed by atoms with Crippen LogP contribution in [0.1, 0.15) is 40.0 Å². The van der Waals surface area contributed by atoms with Gasteiger partial charge in [0.1, 0.15) is 17.2 Å². The van der Waals surface area contributed by atoms with E-state index in [2.05, 4.69) is 10.4 Å². The van der Waals surface area contributed by atoms with E-state index in [4.69, 9.17) is 0 Å². The largest absolute Gasteiger partial charge is 0.410 e. The van der Waals surface area contributed by atoms with Crippen LogP contribution in [-0.4, -0.2) is 52.9 Å². The van der Waals surface area contributed by atoms with Gasteiger partial charge in [-0.15, -0.1) is 0 Å². The molecule has 1 fully saturated rings. The Morgan fingerprint density at radius 1 is 1.00 bits per heavy atom. The van der Waals surface area contributed by atoms with Gasteiger partial charge in [-0.05, 0) is 36.8 Å². The van der Waals surface area contributed by atoms with Gasteiger partial charge in [-0.2, -0.15) is 18.3 Å². The molecule has 3 aromatic rings. The number of carbonyl (C=O) groups excluding carboxylic acids is 1. The fourth-order valence-corrected chi connectivity index (χ4v) is 4.73. The number of anilines is 2. The molecule has 0 unspecified atom stereocenters. The first-order valence-electron chi connectivity index (χ1n) is 11.5. The van der Waals surface area contributed by atoms with Gasteiger partial charge in [-0.1, -0.05) is 29.8 Å². The molecule has 1 N–H and O–H groups in total. The Morgan fingerprint density at radius 3 is 2.29 bits per heavy atom. The lowest BCUT2D eigenvalue weighted by Crippen LogP contribution is -2.49. The van der Waals surface area contributed by atoms with Crippen LogP contribution in [0.2, 0.25) is 0 Å². The SMILES string of the molecule is Cc1ccc([C@@H]2C[C@@H](C(F)(F)F)n3ncc(C(=O)N4CCN(c5ccc(F)cc5)CC4)c3N2)cc1. The number of aromatic nitrogens is 2. The monoisotopic (exact) mass is 487 g/mol. The summed E-state index contributed by atoms with van der Waals surface area (Å²) in [4.78, 5) is 17.0. The number of halogens is 4. The summed E-state index contributed by atoms with van der Waals surface area (Å²) >= 11 is 0. The van der Waals surface area contributed by atoms with E-state index >= 15 is 0 Å². The summed E-state index contributed by atoms with van der Waals surface area (Å²) in [6.45, 7) is 3.77. The Kier molecular flexibility index (Phi) is 5.90. The third kappa shape index (κ3) is 4.56. The number of benzene rings is 2. The molecule has 35 heavy (non-hydrogen) atoms. The maximum Gasteiger partial charge on any atom is 0.410 e. The fraction of sp³-hybridized carbons (Fsp3) is 0.360. The smallest absolute Gasteiger partial charge is 0.368 e. The Labute approximate surface area is 200 Å². The van der Waals surface area contributed by atoms with Crippen LogP contribution in [0.15, 0.2) is 54.7 Å². The van der Waals surface area contributed by atoms with Gasteiger partial charge >= 0.3 is 6.18 Å². The summed E-state index contributed by atoms with van der Waals surface area (Å²) in [7, 11) is 0. The molecule has 1 amide bonds. The number of amides is 1. The molecule has 2 aromatic carbocycles. The number of nitrogens with one attached hydrogen (secondary N) is 1. The molecule has 10 heteroatoms. The van der Waals surface area contributed by atoms with Crippen LogP contribution < -0.4 is 10.2 Å². The topological polar surface area (TPSA) is 53.4 Å². The van der Waals surface area contributed by atoms with E-state index < -0.39 is 18.3 Å². The first kappa shape index (κ1) is 23.2. The molecule has 0 spiro atoms. The molecule has 1 saturated heterocycles. The third-order valence-electron chi connectivity index (χ3n) is 6.71. The number of carbonyl (C=O) groups is 1. The molecular formula is C25H25F4N5O. The molecule has 0 bridgehead atoms. The first-order valence-corrected chi connectivity index (χ1v) is 11.5. The van der Waals surface area contributed by atoms with E-state index in [1.165, 1.54) is 18.3 Å². The molecule has 2 aliphatic rings. The average Bonchev–Trinajstić information content (AvgIpc) is 3.27. The van der Waals surface area contributed by atoms with Crippen LogP contribution in [0.5, 0.6) is 0 Å². The van der Waals surface area contributed by atoms with E-state index in [1.54, 1.807) is 17.0 Å². The zero-order valence-corrected chi connectivity index (χ0v) is 19.1. The molecule has 5 rings (SSSR count). The van der Waals surface area contributed by atoms with E-state index in [9.17, 15) is 22.4 Å². The number of hydrogen-bond donors (Lipinski definition) is 1. The normalized spacial score (nSPS) is 20.4. The van der Waals surface area contributed by atoms with E-state index in [0.717, 1.165) is 21.5 Å². The predicted octanol–water partition coefficient (Wildman–Crippen LogP) is 4.95. The zero-order valence-electron chi connectivity index (χ0n) is 19.1. The number of rotatable bonds is 3. The van der Waals surface area contributed by atoms with E-state index in [-0.39, 0.29) is 29.5 Å². The summed E-state index contributed by atoms with van der Waals surface area (Å²) in [6.07, 6.45) is -3.49. The Hall–Kier alpha value is -3.56. The van der Waals surface area contributed by atoms with Crippen molar-refractivity contribution in [2.24, 2.45) is 0 Å². The van der Waals surface area contributed by atoms with Crippen molar-refractivity contribution in [3.8, 4) is 0 Å². The minimum absolute atomic E-state index is 0.0927. The predicted molar refractivity (Wildman–Crippen MR) is 124 cm³/mol. The maximum absolute atomic E-state index is 14.0. The molecule has 3 heterocycles. The fourth-order valence-electron chi connectivity index (χ4n) is 4.73. The van der Waals surface area contributed by atoms with Gasteiger partial charge in [0, 0.05) is 38.3 Å². The van der Waals surface area contributed by atoms with Crippen molar-refractivity contribution >= 4 is 17.4 Å². The molecule has 0 saturated carbocycles. The number of fused-ring (bicyclic) bond motifs is 1. The quantitative estimate of drug-likeness (QED) is 0.531. The van der Waals surface area contributed by atoms with Crippen LogP contribution in [0, 0.1) is 12.7 Å². The van der Waals surface area contributed by atoms with Crippen LogP contribution in [0.4, 0.5) is 29.1 Å². The van der Waals surface area contributed by atoms with Crippen molar-refractivity contribution in [3.05, 3.63) is 77.2 Å². The van der Waals surface area contributed by atoms with Gasteiger partial charge in [0.15, 0.2) is 6.04 Å². The summed E-state index contributed by atoms with van der Waals surface area (Å²) < 4.78 is 56.0. The maximum atomic E-state index is 14.0. The number of nitrogens with zero attached hydrogens (tertiary/aromatic N) is 4. The Balaban J connectivity index is 1.37. The zero-order chi connectivity index (χ0) is 24.7. The van der Waals surface area contributed by atoms with Crippen LogP contribution >= 0.6 is 0 Å². The second-order valence-corrected chi connectivity index (χ2v) is 9.01. The molecule has 2 aliphatic heterocycles. The van der Waals surface area contributed by atoms with Crippen molar-refractivity contribution in [3.63, 3.8) is 0 Å². The van der Waals surface area contributed by atoms with Gasteiger partial charge < -0.3 is 15.1 Å². The molecular weight excluding hydrogens is 462 g/mol. The lowest BCUT2D eigenvalue weighted by Gasteiger charge is -2.37. The van der Waals surface area contributed by atoms with Gasteiger partial charge in [0.25, 0.3) is 5.91 Å². The third-order valence-corrected chi connectivity index (χ3v) is 6.71. The molecule has 6 nitrogen and oxygen atoms in total. The number of aryl methyl sites for hydroxylation is 1. The van der Waals surface area contributed by atoms with Gasteiger partial charge in [0.05, 0.1) is 12.2 Å². The first-order chi connectivity index (χ1) is 16.7. The average molecular weight is 488 g/mol. The van der Waals surface area contributed by atoms with E-state index in [1.807, 2.05) is 36.1 Å². The molecule has 0 radical (unpaired) electrons. The number of hydrogen-bond acceptors (Lipinski definition) is 4. The highest BCUT2D eigenvalue weighted by atomic mass is 19.4. The standard InChI is InChI=1S/C25H25F4N5O/c1-16-2-4-17(5-3-16)21-14-22(25(27,28)29)34-23(31-21)20(15-30-34)24(35)33-12-10-32(11-13-33)19-8-6-18(26)7-9-19/h2-9,15,21-22,31H,10-14H2,1H3/t21-,22-/m0/s1. The van der Waals surface area contributed by atoms with Crippen molar-refractivity contribution in [2.75, 3.05) is 36.4 Å². The van der Waals surface area contributed by atoms with Crippen LogP contribution in [-0.2, 0) is 0 Å². The van der Waals surface area contributed by atoms with Crippen molar-refractivity contribution in [1.29, 1.82) is 0 Å². The second kappa shape index (κ2) is 8.90. The van der Waals surface area contributed by atoms with Crippen molar-refractivity contribution in [2.45, 2.75) is 31.6 Å². The molecule has 1 aromatic heterocycles. The lowest BCUT2D eigenvalue weighted by atomic mass is 9.96. The summed E-state index contributed by atoms with van der Waals surface area (Å²) in [6, 6.07) is 11.1. The number of piperazine rings is 1. The highest BCUT2D eigenvalue weighted by Crippen LogP contribution is 2.44. The second-order valence-electron chi connectivity index (χ2n) is 9.01. The Morgan fingerprint density at radius 2 is 1.66 bits per heavy atom. The lowest BCUT2D eigenvalue weighted by molar-refractivity contribution is -0.173. The summed E-state index contributed by atoms with van der Waals surface area (Å²) in [5.74, 6) is -0.583. The minimum atomic E-state index is -4.51. The van der Waals surface area contributed by atoms with Crippen LogP contribution in [0.3, 0.4) is 0 Å². The molecule has 184 valence electrons. The van der Waals surface area contributed by atoms with Crippen molar-refractivity contribution < 1.29 is 22.4 Å². The Bertz CT molecular complexity index is 1200. The summed E-state index contributed by atoms with van der Waals surface area (Å²) in [5, 5.41) is 7.12. The van der Waals surface area contributed by atoms with Gasteiger partial charge in [-0.25, -0.2) is 9.07 Å². The van der Waals surface area contributed by atoms with Gasteiger partial charge in [0.2, 0.25) is 0 Å². The summed E-state index contributed by atoms with van der Waals surface area (Å²) in [5.41, 5.74) is 2.73.